The molecule has 0 saturated carbocycles. The lowest BCUT2D eigenvalue weighted by Gasteiger charge is -2.17. The molecule has 0 fully saturated rings. The third-order valence-corrected chi connectivity index (χ3v) is 3.63. The van der Waals surface area contributed by atoms with Crippen LogP contribution in [0.5, 0.6) is 11.5 Å². The Morgan fingerprint density at radius 2 is 1.58 bits per heavy atom. The number of benzene rings is 2. The molecule has 4 nitrogen and oxygen atoms in total. The first-order chi connectivity index (χ1) is 12.3. The van der Waals surface area contributed by atoms with Gasteiger partial charge in [-0.3, -0.25) is 4.79 Å². The van der Waals surface area contributed by atoms with E-state index in [-0.39, 0.29) is 11.7 Å². The van der Waals surface area contributed by atoms with Crippen LogP contribution in [0.1, 0.15) is 25.8 Å². The van der Waals surface area contributed by atoms with E-state index in [0.717, 1.165) is 24.1 Å². The van der Waals surface area contributed by atoms with E-state index in [2.05, 4.69) is 10.1 Å². The highest BCUT2D eigenvalue weighted by molar-refractivity contribution is 5.94. The molecule has 0 radical (unpaired) electrons. The van der Waals surface area contributed by atoms with Crippen LogP contribution in [0.25, 0.3) is 0 Å². The SMILES string of the molecule is CCc1ccc(OC(CC)C(=O)Nc2ccc(OC(F)(F)F)cc2)cc1. The molecule has 26 heavy (non-hydrogen) atoms. The van der Waals surface area contributed by atoms with Crippen molar-refractivity contribution in [3.8, 4) is 11.5 Å². The van der Waals surface area contributed by atoms with Crippen molar-refractivity contribution in [3.63, 3.8) is 0 Å². The number of carbonyl (C=O) groups excluding carboxylic acids is 1. The van der Waals surface area contributed by atoms with Crippen LogP contribution < -0.4 is 14.8 Å². The molecule has 0 aliphatic heterocycles. The smallest absolute Gasteiger partial charge is 0.481 e. The van der Waals surface area contributed by atoms with Gasteiger partial charge in [-0.05, 0) is 54.8 Å². The second kappa shape index (κ2) is 8.60. The lowest BCUT2D eigenvalue weighted by atomic mass is 10.1. The predicted molar refractivity (Wildman–Crippen MR) is 92.3 cm³/mol. The van der Waals surface area contributed by atoms with Gasteiger partial charge in [-0.25, -0.2) is 0 Å². The zero-order valence-corrected chi connectivity index (χ0v) is 14.5. The average Bonchev–Trinajstić information content (AvgIpc) is 2.60. The molecular weight excluding hydrogens is 347 g/mol. The molecular formula is C19H20F3NO3. The number of anilines is 1. The van der Waals surface area contributed by atoms with Gasteiger partial charge in [0.2, 0.25) is 0 Å². The first kappa shape index (κ1) is 19.6. The number of aryl methyl sites for hydroxylation is 1. The van der Waals surface area contributed by atoms with E-state index in [1.165, 1.54) is 12.1 Å². The van der Waals surface area contributed by atoms with Crippen LogP contribution >= 0.6 is 0 Å². The molecule has 7 heteroatoms. The molecule has 2 aromatic carbocycles. The van der Waals surface area contributed by atoms with Gasteiger partial charge in [0.05, 0.1) is 0 Å². The number of ether oxygens (including phenoxy) is 2. The maximum atomic E-state index is 12.3. The van der Waals surface area contributed by atoms with E-state index < -0.39 is 12.5 Å². The van der Waals surface area contributed by atoms with Crippen molar-refractivity contribution in [1.82, 2.24) is 0 Å². The lowest BCUT2D eigenvalue weighted by Crippen LogP contribution is -2.32. The van der Waals surface area contributed by atoms with E-state index in [0.29, 0.717) is 17.9 Å². The number of hydrogen-bond donors (Lipinski definition) is 1. The molecule has 2 aromatic rings. The maximum Gasteiger partial charge on any atom is 0.573 e. The average molecular weight is 367 g/mol. The van der Waals surface area contributed by atoms with E-state index in [9.17, 15) is 18.0 Å². The summed E-state index contributed by atoms with van der Waals surface area (Å²) in [6.45, 7) is 3.86. The standard InChI is InChI=1S/C19H20F3NO3/c1-3-13-5-9-15(10-6-13)25-17(4-2)18(24)23-14-7-11-16(12-8-14)26-19(20,21)22/h5-12,17H,3-4H2,1-2H3,(H,23,24). The van der Waals surface area contributed by atoms with E-state index in [4.69, 9.17) is 4.74 Å². The third kappa shape index (κ3) is 5.98. The number of nitrogens with one attached hydrogen (secondary N) is 1. The molecule has 0 aromatic heterocycles. The van der Waals surface area contributed by atoms with E-state index >= 15 is 0 Å². The highest BCUT2D eigenvalue weighted by Crippen LogP contribution is 2.24. The number of halogens is 3. The van der Waals surface area contributed by atoms with Crippen LogP contribution in [0, 0.1) is 0 Å². The number of alkyl halides is 3. The number of carbonyl (C=O) groups is 1. The molecule has 1 atom stereocenters. The Bertz CT molecular complexity index is 712. The van der Waals surface area contributed by atoms with E-state index in [1.807, 2.05) is 26.0 Å². The van der Waals surface area contributed by atoms with E-state index in [1.54, 1.807) is 12.1 Å². The Hall–Kier alpha value is -2.70. The monoisotopic (exact) mass is 367 g/mol. The minimum absolute atomic E-state index is 0.352. The van der Waals surface area contributed by atoms with Crippen LogP contribution in [0.4, 0.5) is 18.9 Å². The number of hydrogen-bond acceptors (Lipinski definition) is 3. The van der Waals surface area contributed by atoms with Crippen molar-refractivity contribution in [2.24, 2.45) is 0 Å². The Kier molecular flexibility index (Phi) is 6.49. The topological polar surface area (TPSA) is 47.6 Å². The predicted octanol–water partition coefficient (Wildman–Crippen LogP) is 4.94. The van der Waals surface area contributed by atoms with Gasteiger partial charge in [0.25, 0.3) is 5.91 Å². The number of amides is 1. The molecule has 0 aliphatic rings. The third-order valence-electron chi connectivity index (χ3n) is 3.63. The minimum Gasteiger partial charge on any atom is -0.481 e. The van der Waals surface area contributed by atoms with Crippen molar-refractivity contribution in [2.45, 2.75) is 39.2 Å². The Labute approximate surface area is 149 Å². The van der Waals surface area contributed by atoms with Crippen LogP contribution in [0.15, 0.2) is 48.5 Å². The summed E-state index contributed by atoms with van der Waals surface area (Å²) in [7, 11) is 0. The molecule has 0 saturated heterocycles. The molecule has 0 aliphatic carbocycles. The quantitative estimate of drug-likeness (QED) is 0.754. The van der Waals surface area contributed by atoms with Gasteiger partial charge < -0.3 is 14.8 Å². The summed E-state index contributed by atoms with van der Waals surface area (Å²) in [5.41, 5.74) is 1.52. The van der Waals surface area contributed by atoms with Crippen molar-refractivity contribution < 1.29 is 27.4 Å². The molecule has 0 heterocycles. The van der Waals surface area contributed by atoms with Gasteiger partial charge in [-0.2, -0.15) is 0 Å². The Morgan fingerprint density at radius 1 is 1.00 bits per heavy atom. The van der Waals surface area contributed by atoms with Crippen molar-refractivity contribution >= 4 is 11.6 Å². The largest absolute Gasteiger partial charge is 0.573 e. The second-order valence-electron chi connectivity index (χ2n) is 5.57. The minimum atomic E-state index is -4.75. The fraction of sp³-hybridized carbons (Fsp3) is 0.316. The van der Waals surface area contributed by atoms with Gasteiger partial charge in [0.15, 0.2) is 6.10 Å². The first-order valence-corrected chi connectivity index (χ1v) is 8.23. The summed E-state index contributed by atoms with van der Waals surface area (Å²) in [5, 5.41) is 2.63. The molecule has 1 N–H and O–H groups in total. The van der Waals surface area contributed by atoms with Crippen LogP contribution in [0.2, 0.25) is 0 Å². The van der Waals surface area contributed by atoms with Crippen LogP contribution in [-0.2, 0) is 11.2 Å². The summed E-state index contributed by atoms with van der Waals surface area (Å²) in [5.74, 6) is -0.149. The molecule has 140 valence electrons. The molecule has 1 unspecified atom stereocenters. The summed E-state index contributed by atoms with van der Waals surface area (Å²) < 4.78 is 45.9. The molecule has 2 rings (SSSR count). The zero-order valence-electron chi connectivity index (χ0n) is 14.5. The summed E-state index contributed by atoms with van der Waals surface area (Å²) in [6, 6.07) is 12.4. The summed E-state index contributed by atoms with van der Waals surface area (Å²) in [4.78, 5) is 12.3. The first-order valence-electron chi connectivity index (χ1n) is 8.23. The molecule has 0 bridgehead atoms. The van der Waals surface area contributed by atoms with Gasteiger partial charge in [0, 0.05) is 5.69 Å². The summed E-state index contributed by atoms with van der Waals surface area (Å²) in [6.07, 6.45) is -4.12. The fourth-order valence-corrected chi connectivity index (χ4v) is 2.25. The lowest BCUT2D eigenvalue weighted by molar-refractivity contribution is -0.274. The maximum absolute atomic E-state index is 12.3. The van der Waals surface area contributed by atoms with Crippen LogP contribution in [-0.4, -0.2) is 18.4 Å². The fourth-order valence-electron chi connectivity index (χ4n) is 2.25. The van der Waals surface area contributed by atoms with Crippen molar-refractivity contribution in [1.29, 1.82) is 0 Å². The van der Waals surface area contributed by atoms with Gasteiger partial charge in [-0.15, -0.1) is 13.2 Å². The Morgan fingerprint density at radius 3 is 2.08 bits per heavy atom. The van der Waals surface area contributed by atoms with Crippen molar-refractivity contribution in [2.75, 3.05) is 5.32 Å². The second-order valence-corrected chi connectivity index (χ2v) is 5.57. The molecule has 1 amide bonds. The van der Waals surface area contributed by atoms with Crippen LogP contribution in [0.3, 0.4) is 0 Å². The van der Waals surface area contributed by atoms with Crippen molar-refractivity contribution in [3.05, 3.63) is 54.1 Å². The number of rotatable bonds is 7. The normalized spacial score (nSPS) is 12.3. The zero-order chi connectivity index (χ0) is 19.2. The highest BCUT2D eigenvalue weighted by atomic mass is 19.4. The van der Waals surface area contributed by atoms with Gasteiger partial charge in [-0.1, -0.05) is 26.0 Å². The van der Waals surface area contributed by atoms with Gasteiger partial charge in [0.1, 0.15) is 11.5 Å². The Balaban J connectivity index is 1.97. The summed E-state index contributed by atoms with van der Waals surface area (Å²) >= 11 is 0. The van der Waals surface area contributed by atoms with Gasteiger partial charge >= 0.3 is 6.36 Å². The molecule has 0 spiro atoms. The highest BCUT2D eigenvalue weighted by Gasteiger charge is 2.31.